The molecule has 0 spiro atoms. The second-order valence-electron chi connectivity index (χ2n) is 5.76. The summed E-state index contributed by atoms with van der Waals surface area (Å²) in [4.78, 5) is 0. The van der Waals surface area contributed by atoms with Crippen molar-refractivity contribution in [3.8, 4) is 0 Å². The lowest BCUT2D eigenvalue weighted by Gasteiger charge is -2.41. The van der Waals surface area contributed by atoms with E-state index in [1.54, 1.807) is 26.0 Å². The Kier molecular flexibility index (Phi) is 3.61. The van der Waals surface area contributed by atoms with Crippen LogP contribution in [0.15, 0.2) is 41.5 Å². The summed E-state index contributed by atoms with van der Waals surface area (Å²) in [5.41, 5.74) is 0.683. The first kappa shape index (κ1) is 15.6. The van der Waals surface area contributed by atoms with Gasteiger partial charge in [0.2, 0.25) is 15.9 Å². The summed E-state index contributed by atoms with van der Waals surface area (Å²) >= 11 is 0. The van der Waals surface area contributed by atoms with E-state index in [9.17, 15) is 8.42 Å². The van der Waals surface area contributed by atoms with Gasteiger partial charge >= 0.3 is 0 Å². The number of nitrogens with one attached hydrogen (secondary N) is 1. The van der Waals surface area contributed by atoms with Crippen LogP contribution in [-0.2, 0) is 10.0 Å². The molecular weight excluding hydrogens is 288 g/mol. The topological polar surface area (TPSA) is 72.2 Å². The summed E-state index contributed by atoms with van der Waals surface area (Å²) in [7, 11) is -3.80. The molecule has 2 rings (SSSR count). The number of aryl methyl sites for hydroxylation is 1. The Bertz CT molecular complexity index is 726. The lowest BCUT2D eigenvalue weighted by Crippen LogP contribution is -2.50. The van der Waals surface area contributed by atoms with Gasteiger partial charge in [-0.3, -0.25) is 0 Å². The van der Waals surface area contributed by atoms with Crippen LogP contribution in [0.4, 0.5) is 5.88 Å². The molecule has 1 aromatic heterocycles. The quantitative estimate of drug-likeness (QED) is 0.867. The Morgan fingerprint density at radius 3 is 2.38 bits per heavy atom. The highest BCUT2D eigenvalue weighted by Crippen LogP contribution is 2.44. The van der Waals surface area contributed by atoms with E-state index >= 15 is 0 Å². The molecule has 0 radical (unpaired) electrons. The van der Waals surface area contributed by atoms with Gasteiger partial charge in [-0.1, -0.05) is 49.4 Å². The molecule has 1 heterocycles. The molecule has 0 aromatic carbocycles. The SMILES string of the molecule is C=C[C@]1(S(=O)(=O)Nc2onc(C)c2C)C=CC=CC1(C)C. The molecule has 5 nitrogen and oxygen atoms in total. The van der Waals surface area contributed by atoms with Crippen LogP contribution in [0.25, 0.3) is 0 Å². The Morgan fingerprint density at radius 1 is 1.29 bits per heavy atom. The molecule has 0 fully saturated rings. The second-order valence-corrected chi connectivity index (χ2v) is 7.65. The van der Waals surface area contributed by atoms with Crippen molar-refractivity contribution < 1.29 is 12.9 Å². The number of anilines is 1. The first-order valence-corrected chi connectivity index (χ1v) is 8.11. The van der Waals surface area contributed by atoms with Gasteiger partial charge < -0.3 is 4.52 Å². The predicted octanol–water partition coefficient (Wildman–Crippen LogP) is 3.11. The molecule has 0 amide bonds. The van der Waals surface area contributed by atoms with Crippen molar-refractivity contribution in [2.75, 3.05) is 4.72 Å². The van der Waals surface area contributed by atoms with Crippen LogP contribution in [0.5, 0.6) is 0 Å². The van der Waals surface area contributed by atoms with Gasteiger partial charge in [-0.2, -0.15) is 0 Å². The van der Waals surface area contributed by atoms with Gasteiger partial charge in [0, 0.05) is 11.0 Å². The molecule has 1 atom stereocenters. The first-order valence-electron chi connectivity index (χ1n) is 6.63. The summed E-state index contributed by atoms with van der Waals surface area (Å²) in [5, 5.41) is 3.77. The molecule has 1 N–H and O–H groups in total. The van der Waals surface area contributed by atoms with Crippen LogP contribution in [0, 0.1) is 19.3 Å². The lowest BCUT2D eigenvalue weighted by atomic mass is 9.75. The smallest absolute Gasteiger partial charge is 0.248 e. The van der Waals surface area contributed by atoms with E-state index in [4.69, 9.17) is 4.52 Å². The zero-order valence-electron chi connectivity index (χ0n) is 12.7. The number of aromatic nitrogens is 1. The lowest BCUT2D eigenvalue weighted by molar-refractivity contribution is 0.404. The summed E-state index contributed by atoms with van der Waals surface area (Å²) < 4.78 is 32.2. The molecule has 1 aliphatic rings. The number of sulfonamides is 1. The Labute approximate surface area is 125 Å². The van der Waals surface area contributed by atoms with Gasteiger partial charge in [0.05, 0.1) is 5.69 Å². The number of hydrogen-bond donors (Lipinski definition) is 1. The highest BCUT2D eigenvalue weighted by molar-refractivity contribution is 7.94. The van der Waals surface area contributed by atoms with Gasteiger partial charge in [0.15, 0.2) is 0 Å². The van der Waals surface area contributed by atoms with E-state index in [0.717, 1.165) is 0 Å². The Hall–Kier alpha value is -1.82. The van der Waals surface area contributed by atoms with E-state index in [1.165, 1.54) is 6.08 Å². The second kappa shape index (κ2) is 4.87. The number of nitrogens with zero attached hydrogens (tertiary/aromatic N) is 1. The molecule has 0 aliphatic heterocycles. The molecule has 6 heteroatoms. The van der Waals surface area contributed by atoms with Crippen molar-refractivity contribution in [1.82, 2.24) is 5.16 Å². The number of rotatable bonds is 4. The van der Waals surface area contributed by atoms with Crippen LogP contribution >= 0.6 is 0 Å². The molecule has 0 unspecified atom stereocenters. The van der Waals surface area contributed by atoms with E-state index < -0.39 is 20.2 Å². The molecule has 114 valence electrons. The summed E-state index contributed by atoms with van der Waals surface area (Å²) in [5.74, 6) is 0.146. The normalized spacial score (nSPS) is 24.0. The minimum atomic E-state index is -3.80. The third-order valence-corrected chi connectivity index (χ3v) is 6.28. The standard InChI is InChI=1S/C15H20N2O3S/c1-6-15(10-8-7-9-14(15,4)5)21(18,19)17-13-11(2)12(3)16-20-13/h6-10,17H,1H2,2-5H3/t15-/m0/s1. The molecular formula is C15H20N2O3S. The van der Waals surface area contributed by atoms with Crippen LogP contribution < -0.4 is 4.72 Å². The third-order valence-electron chi connectivity index (χ3n) is 4.11. The summed E-state index contributed by atoms with van der Waals surface area (Å²) in [6.45, 7) is 11.0. The van der Waals surface area contributed by atoms with Gasteiger partial charge in [-0.05, 0) is 13.8 Å². The summed E-state index contributed by atoms with van der Waals surface area (Å²) in [6.07, 6.45) is 8.49. The molecule has 1 aromatic rings. The highest BCUT2D eigenvalue weighted by atomic mass is 32.2. The van der Waals surface area contributed by atoms with Crippen molar-refractivity contribution in [3.63, 3.8) is 0 Å². The monoisotopic (exact) mass is 308 g/mol. The zero-order valence-corrected chi connectivity index (χ0v) is 13.5. The largest absolute Gasteiger partial charge is 0.337 e. The van der Waals surface area contributed by atoms with Gasteiger partial charge in [-0.15, -0.1) is 6.58 Å². The van der Waals surface area contributed by atoms with Crippen LogP contribution in [0.1, 0.15) is 25.1 Å². The van der Waals surface area contributed by atoms with E-state index in [1.807, 2.05) is 26.0 Å². The minimum absolute atomic E-state index is 0.146. The fourth-order valence-electron chi connectivity index (χ4n) is 2.43. The zero-order chi connectivity index (χ0) is 15.9. The van der Waals surface area contributed by atoms with Crippen molar-refractivity contribution in [1.29, 1.82) is 0 Å². The van der Waals surface area contributed by atoms with Crippen LogP contribution in [0.3, 0.4) is 0 Å². The average Bonchev–Trinajstić information content (AvgIpc) is 2.70. The molecule has 0 saturated heterocycles. The van der Waals surface area contributed by atoms with Gasteiger partial charge in [0.1, 0.15) is 4.75 Å². The van der Waals surface area contributed by atoms with E-state index in [2.05, 4.69) is 16.5 Å². The first-order chi connectivity index (χ1) is 9.67. The maximum absolute atomic E-state index is 12.9. The Morgan fingerprint density at radius 2 is 1.90 bits per heavy atom. The number of allylic oxidation sites excluding steroid dienone is 3. The molecule has 0 saturated carbocycles. The summed E-state index contributed by atoms with van der Waals surface area (Å²) in [6, 6.07) is 0. The van der Waals surface area contributed by atoms with Crippen LogP contribution in [0.2, 0.25) is 0 Å². The predicted molar refractivity (Wildman–Crippen MR) is 83.5 cm³/mol. The van der Waals surface area contributed by atoms with Crippen molar-refractivity contribution >= 4 is 15.9 Å². The fraction of sp³-hybridized carbons (Fsp3) is 0.400. The van der Waals surface area contributed by atoms with Crippen molar-refractivity contribution in [3.05, 3.63) is 48.2 Å². The maximum atomic E-state index is 12.9. The van der Waals surface area contributed by atoms with Gasteiger partial charge in [0.25, 0.3) is 0 Å². The maximum Gasteiger partial charge on any atom is 0.248 e. The Balaban J connectivity index is 2.51. The third kappa shape index (κ3) is 2.23. The van der Waals surface area contributed by atoms with E-state index in [0.29, 0.717) is 11.3 Å². The molecule has 1 aliphatic carbocycles. The number of hydrogen-bond acceptors (Lipinski definition) is 4. The molecule has 21 heavy (non-hydrogen) atoms. The van der Waals surface area contributed by atoms with Gasteiger partial charge in [-0.25, -0.2) is 13.1 Å². The molecule has 0 bridgehead atoms. The fourth-order valence-corrected chi connectivity index (χ4v) is 4.27. The van der Waals surface area contributed by atoms with Crippen molar-refractivity contribution in [2.45, 2.75) is 32.4 Å². The average molecular weight is 308 g/mol. The highest BCUT2D eigenvalue weighted by Gasteiger charge is 2.51. The minimum Gasteiger partial charge on any atom is -0.337 e. The van der Waals surface area contributed by atoms with Crippen molar-refractivity contribution in [2.24, 2.45) is 5.41 Å². The van der Waals surface area contributed by atoms with E-state index in [-0.39, 0.29) is 5.88 Å². The van der Waals surface area contributed by atoms with Crippen LogP contribution in [-0.4, -0.2) is 18.3 Å².